The van der Waals surface area contributed by atoms with Gasteiger partial charge < -0.3 is 20.5 Å². The predicted octanol–water partition coefficient (Wildman–Crippen LogP) is 2.06. The molecular formula is C26H27N9O4. The number of nitrogens with two attached hydrogens (primary N) is 1. The molecule has 0 aliphatic carbocycles. The van der Waals surface area contributed by atoms with Gasteiger partial charge in [-0.1, -0.05) is 0 Å². The first-order valence-electron chi connectivity index (χ1n) is 13.1. The lowest BCUT2D eigenvalue weighted by molar-refractivity contribution is 0.0556. The van der Waals surface area contributed by atoms with Crippen molar-refractivity contribution in [3.8, 4) is 16.9 Å². The molecule has 0 saturated carbocycles. The highest BCUT2D eigenvalue weighted by atomic mass is 16.5. The van der Waals surface area contributed by atoms with Gasteiger partial charge in [0.1, 0.15) is 29.7 Å². The van der Waals surface area contributed by atoms with Crippen molar-refractivity contribution in [3.63, 3.8) is 0 Å². The van der Waals surface area contributed by atoms with Gasteiger partial charge >= 0.3 is 0 Å². The number of amides is 1. The fourth-order valence-corrected chi connectivity index (χ4v) is 6.44. The standard InChI is InChI=1S/C26H27N9O4/c1-12(36)20-21(13-6-15-2-3-16(7-13)34(15)26(38)24-29-11-30-33-24)32-25-17(10-31-35(25)23(20)27)14-8-19-22(28-9-14)18(37)4-5-39-19/h8-11,13,15-16,18,37H,2-7,27H2,1H3,(H,29,30,33)/t13?,15-,16+,18?. The van der Waals surface area contributed by atoms with E-state index in [0.29, 0.717) is 59.8 Å². The topological polar surface area (TPSA) is 178 Å². The van der Waals surface area contributed by atoms with Crippen molar-refractivity contribution >= 4 is 23.2 Å². The molecule has 0 spiro atoms. The summed E-state index contributed by atoms with van der Waals surface area (Å²) < 4.78 is 7.23. The largest absolute Gasteiger partial charge is 0.491 e. The molecule has 3 aliphatic rings. The lowest BCUT2D eigenvalue weighted by Crippen LogP contribution is -2.46. The van der Waals surface area contributed by atoms with E-state index in [-0.39, 0.29) is 41.3 Å². The molecule has 4 aromatic rings. The van der Waals surface area contributed by atoms with Gasteiger partial charge in [-0.3, -0.25) is 19.7 Å². The first-order chi connectivity index (χ1) is 18.9. The van der Waals surface area contributed by atoms with E-state index in [2.05, 4.69) is 25.3 Å². The second kappa shape index (κ2) is 8.83. The molecule has 200 valence electrons. The first kappa shape index (κ1) is 23.7. The molecular weight excluding hydrogens is 502 g/mol. The van der Waals surface area contributed by atoms with E-state index < -0.39 is 6.10 Å². The molecule has 0 aromatic carbocycles. The van der Waals surface area contributed by atoms with Gasteiger partial charge in [0.05, 0.1) is 24.1 Å². The van der Waals surface area contributed by atoms with Gasteiger partial charge in [0.15, 0.2) is 11.4 Å². The second-order valence-electron chi connectivity index (χ2n) is 10.5. The number of aliphatic hydroxyl groups is 1. The van der Waals surface area contributed by atoms with Crippen LogP contribution in [0, 0.1) is 0 Å². The second-order valence-corrected chi connectivity index (χ2v) is 10.5. The van der Waals surface area contributed by atoms with E-state index in [1.54, 1.807) is 12.4 Å². The fraction of sp³-hybridized carbons (Fsp3) is 0.423. The molecule has 1 amide bonds. The molecule has 2 fully saturated rings. The molecule has 2 saturated heterocycles. The van der Waals surface area contributed by atoms with Crippen molar-refractivity contribution < 1.29 is 19.4 Å². The number of aromatic amines is 1. The maximum absolute atomic E-state index is 13.1. The monoisotopic (exact) mass is 529 g/mol. The summed E-state index contributed by atoms with van der Waals surface area (Å²) in [6, 6.07) is 1.83. The summed E-state index contributed by atoms with van der Waals surface area (Å²) in [6.07, 6.45) is 7.55. The van der Waals surface area contributed by atoms with E-state index >= 15 is 0 Å². The first-order valence-corrected chi connectivity index (χ1v) is 13.1. The van der Waals surface area contributed by atoms with Gasteiger partial charge in [-0.15, -0.1) is 0 Å². The van der Waals surface area contributed by atoms with Crippen LogP contribution in [0.3, 0.4) is 0 Å². The van der Waals surface area contributed by atoms with Gasteiger partial charge in [-0.05, 0) is 38.7 Å². The number of carbonyl (C=O) groups is 2. The minimum Gasteiger partial charge on any atom is -0.491 e. The number of carbonyl (C=O) groups excluding carboxylic acids is 2. The summed E-state index contributed by atoms with van der Waals surface area (Å²) in [6.45, 7) is 1.89. The Bertz CT molecular complexity index is 1600. The van der Waals surface area contributed by atoms with E-state index in [4.69, 9.17) is 15.5 Å². The molecule has 13 heteroatoms. The Morgan fingerprint density at radius 1 is 1.13 bits per heavy atom. The third-order valence-corrected chi connectivity index (χ3v) is 8.19. The SMILES string of the molecule is CC(=O)c1c(C2C[C@H]3CC[C@@H](C2)N3C(=O)c2ncn[nH]2)nc2c(-c3cnc4c(c3)OCCC4O)cnn2c1N. The minimum atomic E-state index is -0.664. The number of Topliss-reactive ketones (excluding diaryl/α,β-unsaturated/α-hetero) is 1. The van der Waals surface area contributed by atoms with Gasteiger partial charge in [-0.25, -0.2) is 9.97 Å². The highest BCUT2D eigenvalue weighted by Gasteiger charge is 2.45. The Labute approximate surface area is 222 Å². The third kappa shape index (κ3) is 3.67. The quantitative estimate of drug-likeness (QED) is 0.331. The highest BCUT2D eigenvalue weighted by Crippen LogP contribution is 2.45. The smallest absolute Gasteiger partial charge is 0.291 e. The highest BCUT2D eigenvalue weighted by molar-refractivity contribution is 6.00. The van der Waals surface area contributed by atoms with Gasteiger partial charge in [0.2, 0.25) is 5.82 Å². The number of ketones is 1. The third-order valence-electron chi connectivity index (χ3n) is 8.19. The number of fused-ring (bicyclic) bond motifs is 4. The minimum absolute atomic E-state index is 0.00297. The molecule has 2 bridgehead atoms. The number of nitrogens with zero attached hydrogens (tertiary/aromatic N) is 7. The molecule has 7 heterocycles. The lowest BCUT2D eigenvalue weighted by Gasteiger charge is -2.38. The number of aliphatic hydroxyl groups excluding tert-OH is 1. The number of pyridine rings is 1. The van der Waals surface area contributed by atoms with E-state index in [0.717, 1.165) is 18.4 Å². The Balaban J connectivity index is 1.29. The number of rotatable bonds is 4. The van der Waals surface area contributed by atoms with Crippen LogP contribution >= 0.6 is 0 Å². The zero-order valence-electron chi connectivity index (χ0n) is 21.2. The zero-order chi connectivity index (χ0) is 26.8. The van der Waals surface area contributed by atoms with Crippen molar-refractivity contribution in [2.45, 2.75) is 63.1 Å². The number of piperidine rings is 1. The van der Waals surface area contributed by atoms with Crippen LogP contribution in [0.1, 0.15) is 83.4 Å². The van der Waals surface area contributed by atoms with Crippen LogP contribution in [-0.4, -0.2) is 75.2 Å². The Morgan fingerprint density at radius 2 is 1.92 bits per heavy atom. The molecule has 7 rings (SSSR count). The number of anilines is 1. The molecule has 39 heavy (non-hydrogen) atoms. The Morgan fingerprint density at radius 3 is 2.64 bits per heavy atom. The molecule has 4 aromatic heterocycles. The number of hydrogen-bond acceptors (Lipinski definition) is 10. The van der Waals surface area contributed by atoms with Crippen LogP contribution in [0.25, 0.3) is 16.8 Å². The fourth-order valence-electron chi connectivity index (χ4n) is 6.44. The van der Waals surface area contributed by atoms with E-state index in [1.165, 1.54) is 17.8 Å². The van der Waals surface area contributed by atoms with Crippen molar-refractivity contribution in [2.75, 3.05) is 12.3 Å². The van der Waals surface area contributed by atoms with E-state index in [9.17, 15) is 14.7 Å². The summed E-state index contributed by atoms with van der Waals surface area (Å²) in [4.78, 5) is 41.4. The number of ether oxygens (including phenoxy) is 1. The molecule has 2 unspecified atom stereocenters. The average Bonchev–Trinajstić information content (AvgIpc) is 3.66. The summed E-state index contributed by atoms with van der Waals surface area (Å²) in [5.74, 6) is 0.601. The predicted molar refractivity (Wildman–Crippen MR) is 137 cm³/mol. The van der Waals surface area contributed by atoms with Crippen LogP contribution in [0.15, 0.2) is 24.8 Å². The van der Waals surface area contributed by atoms with Crippen LogP contribution in [0.5, 0.6) is 5.75 Å². The van der Waals surface area contributed by atoms with Crippen LogP contribution in [0.4, 0.5) is 5.82 Å². The molecule has 4 N–H and O–H groups in total. The summed E-state index contributed by atoms with van der Waals surface area (Å²) in [7, 11) is 0. The molecule has 13 nitrogen and oxygen atoms in total. The number of H-pyrrole nitrogens is 1. The summed E-state index contributed by atoms with van der Waals surface area (Å²) in [5.41, 5.74) is 9.99. The lowest BCUT2D eigenvalue weighted by atomic mass is 9.85. The molecule has 3 aliphatic heterocycles. The maximum atomic E-state index is 13.1. The Hall–Kier alpha value is -4.39. The van der Waals surface area contributed by atoms with Gasteiger partial charge in [-0.2, -0.15) is 14.7 Å². The van der Waals surface area contributed by atoms with Crippen LogP contribution in [-0.2, 0) is 0 Å². The number of nitrogens with one attached hydrogen (secondary N) is 1. The molecule has 4 atom stereocenters. The van der Waals surface area contributed by atoms with E-state index in [1.807, 2.05) is 11.0 Å². The Kier molecular flexibility index (Phi) is 5.37. The van der Waals surface area contributed by atoms with Crippen molar-refractivity contribution in [2.24, 2.45) is 0 Å². The van der Waals surface area contributed by atoms with Gasteiger partial charge in [0, 0.05) is 41.7 Å². The normalized spacial score (nSPS) is 24.0. The number of nitrogen functional groups attached to an aromatic ring is 1. The van der Waals surface area contributed by atoms with Gasteiger partial charge in [0.25, 0.3) is 5.91 Å². The van der Waals surface area contributed by atoms with Crippen molar-refractivity contribution in [1.29, 1.82) is 0 Å². The summed E-state index contributed by atoms with van der Waals surface area (Å²) >= 11 is 0. The summed E-state index contributed by atoms with van der Waals surface area (Å²) in [5, 5.41) is 21.2. The number of aromatic nitrogens is 7. The van der Waals surface area contributed by atoms with Crippen LogP contribution in [0.2, 0.25) is 0 Å². The average molecular weight is 530 g/mol. The molecule has 0 radical (unpaired) electrons. The van der Waals surface area contributed by atoms with Crippen LogP contribution < -0.4 is 10.5 Å². The zero-order valence-corrected chi connectivity index (χ0v) is 21.2. The van der Waals surface area contributed by atoms with Crippen molar-refractivity contribution in [1.82, 2.24) is 39.7 Å². The maximum Gasteiger partial charge on any atom is 0.291 e. The number of hydrogen-bond donors (Lipinski definition) is 3. The van der Waals surface area contributed by atoms with Crippen molar-refractivity contribution in [3.05, 3.63) is 47.6 Å².